The first-order chi connectivity index (χ1) is 14.6. The van der Waals surface area contributed by atoms with Crippen LogP contribution in [0.1, 0.15) is 11.1 Å². The number of carbonyl (C=O) groups excluding carboxylic acids is 2. The van der Waals surface area contributed by atoms with Crippen molar-refractivity contribution in [3.05, 3.63) is 59.7 Å². The summed E-state index contributed by atoms with van der Waals surface area (Å²) in [6.45, 7) is 0.221. The van der Waals surface area contributed by atoms with E-state index in [0.29, 0.717) is 21.7 Å². The van der Waals surface area contributed by atoms with Crippen LogP contribution in [0.4, 0.5) is 0 Å². The first kappa shape index (κ1) is 23.7. The Labute approximate surface area is 182 Å². The van der Waals surface area contributed by atoms with E-state index in [2.05, 4.69) is 0 Å². The molecule has 164 valence electrons. The Balaban J connectivity index is 2.06. The van der Waals surface area contributed by atoms with Crippen molar-refractivity contribution in [2.75, 3.05) is 41.9 Å². The molecule has 2 aromatic rings. The van der Waals surface area contributed by atoms with Gasteiger partial charge in [-0.25, -0.2) is 4.79 Å². The Kier molecular flexibility index (Phi) is 7.99. The summed E-state index contributed by atoms with van der Waals surface area (Å²) in [5, 5.41) is 9.62. The van der Waals surface area contributed by atoms with E-state index < -0.39 is 0 Å². The van der Waals surface area contributed by atoms with Gasteiger partial charge >= 0.3 is 5.97 Å². The number of carbonyl (C=O) groups is 2. The van der Waals surface area contributed by atoms with E-state index in [1.807, 2.05) is 21.1 Å². The summed E-state index contributed by atoms with van der Waals surface area (Å²) < 4.78 is 16.2. The van der Waals surface area contributed by atoms with Crippen molar-refractivity contribution < 1.29 is 33.4 Å². The van der Waals surface area contributed by atoms with Crippen molar-refractivity contribution in [3.63, 3.8) is 0 Å². The van der Waals surface area contributed by atoms with E-state index in [9.17, 15) is 14.7 Å². The van der Waals surface area contributed by atoms with Gasteiger partial charge in [0.05, 0.1) is 35.4 Å². The summed E-state index contributed by atoms with van der Waals surface area (Å²) in [5.41, 5.74) is 1.44. The summed E-state index contributed by atoms with van der Waals surface area (Å²) in [5.74, 6) is 0.511. The molecule has 7 nitrogen and oxygen atoms in total. The van der Waals surface area contributed by atoms with Crippen LogP contribution in [0, 0.1) is 0 Å². The van der Waals surface area contributed by atoms with E-state index in [-0.39, 0.29) is 24.0 Å². The molecule has 2 aromatic carbocycles. The maximum Gasteiger partial charge on any atom is 0.367 e. The highest BCUT2D eigenvalue weighted by atomic mass is 16.6. The number of esters is 1. The summed E-state index contributed by atoms with van der Waals surface area (Å²) in [6, 6.07) is 9.86. The molecule has 0 bridgehead atoms. The van der Waals surface area contributed by atoms with Crippen LogP contribution in [0.3, 0.4) is 0 Å². The SMILES string of the molecule is COc1cc(/C=C/C(=O)/C=C/c2ccc(OC(=O)C[N+](C)(C)C)c(OC)c2)ccc1O. The molecule has 0 aliphatic heterocycles. The molecular weight excluding hydrogens is 398 g/mol. The van der Waals surface area contributed by atoms with Crippen LogP contribution in [0.25, 0.3) is 12.2 Å². The normalized spacial score (nSPS) is 11.6. The Bertz CT molecular complexity index is 1000. The molecule has 7 heteroatoms. The molecule has 0 amide bonds. The van der Waals surface area contributed by atoms with Crippen molar-refractivity contribution in [3.8, 4) is 23.0 Å². The molecule has 1 N–H and O–H groups in total. The number of allylic oxidation sites excluding steroid dienone is 2. The van der Waals surface area contributed by atoms with Gasteiger partial charge in [0, 0.05) is 0 Å². The molecule has 0 saturated carbocycles. The summed E-state index contributed by atoms with van der Waals surface area (Å²) >= 11 is 0. The van der Waals surface area contributed by atoms with E-state index in [0.717, 1.165) is 11.1 Å². The van der Waals surface area contributed by atoms with Gasteiger partial charge < -0.3 is 23.8 Å². The Morgan fingerprint density at radius 3 is 1.97 bits per heavy atom. The molecule has 0 unspecified atom stereocenters. The van der Waals surface area contributed by atoms with Crippen molar-refractivity contribution in [2.45, 2.75) is 0 Å². The summed E-state index contributed by atoms with van der Waals surface area (Å²) in [4.78, 5) is 24.2. The van der Waals surface area contributed by atoms with Gasteiger partial charge in [-0.3, -0.25) is 4.79 Å². The zero-order chi connectivity index (χ0) is 23.0. The van der Waals surface area contributed by atoms with Gasteiger partial charge in [0.2, 0.25) is 0 Å². The topological polar surface area (TPSA) is 82.1 Å². The lowest BCUT2D eigenvalue weighted by Gasteiger charge is -2.22. The van der Waals surface area contributed by atoms with E-state index in [1.54, 1.807) is 42.5 Å². The number of hydrogen-bond acceptors (Lipinski definition) is 6. The highest BCUT2D eigenvalue weighted by molar-refractivity contribution is 6.04. The van der Waals surface area contributed by atoms with Crippen LogP contribution in [0.2, 0.25) is 0 Å². The number of quaternary nitrogens is 1. The number of rotatable bonds is 9. The molecule has 0 spiro atoms. The fourth-order valence-corrected chi connectivity index (χ4v) is 2.62. The van der Waals surface area contributed by atoms with Gasteiger partial charge in [0.15, 0.2) is 35.3 Å². The second-order valence-corrected chi connectivity index (χ2v) is 7.83. The minimum atomic E-state index is -0.361. The second-order valence-electron chi connectivity index (χ2n) is 7.83. The van der Waals surface area contributed by atoms with Crippen molar-refractivity contribution in [1.29, 1.82) is 0 Å². The highest BCUT2D eigenvalue weighted by Crippen LogP contribution is 2.29. The number of ether oxygens (including phenoxy) is 3. The monoisotopic (exact) mass is 426 g/mol. The molecule has 0 heterocycles. The molecule has 0 radical (unpaired) electrons. The maximum absolute atomic E-state index is 12.2. The lowest BCUT2D eigenvalue weighted by Crippen LogP contribution is -2.41. The average Bonchev–Trinajstić information content (AvgIpc) is 2.70. The summed E-state index contributed by atoms with van der Waals surface area (Å²) in [6.07, 6.45) is 6.11. The van der Waals surface area contributed by atoms with Crippen LogP contribution in [-0.2, 0) is 9.59 Å². The number of phenolic OH excluding ortho intramolecular Hbond substituents is 1. The van der Waals surface area contributed by atoms with Crippen LogP contribution in [0.5, 0.6) is 23.0 Å². The Morgan fingerprint density at radius 1 is 0.871 bits per heavy atom. The summed E-state index contributed by atoms with van der Waals surface area (Å²) in [7, 11) is 8.64. The van der Waals surface area contributed by atoms with E-state index >= 15 is 0 Å². The third-order valence-electron chi connectivity index (χ3n) is 4.10. The molecule has 0 aliphatic rings. The van der Waals surface area contributed by atoms with Gasteiger partial charge in [0.25, 0.3) is 0 Å². The molecule has 0 aromatic heterocycles. The molecule has 0 saturated heterocycles. The molecule has 0 aliphatic carbocycles. The Morgan fingerprint density at radius 2 is 1.42 bits per heavy atom. The van der Waals surface area contributed by atoms with Gasteiger partial charge in [0.1, 0.15) is 0 Å². The number of likely N-dealkylation sites (N-methyl/N-ethyl adjacent to an activating group) is 1. The van der Waals surface area contributed by atoms with Gasteiger partial charge in [-0.15, -0.1) is 0 Å². The van der Waals surface area contributed by atoms with Crippen LogP contribution in [-0.4, -0.2) is 63.2 Å². The van der Waals surface area contributed by atoms with E-state index in [4.69, 9.17) is 14.2 Å². The number of hydrogen-bond donors (Lipinski definition) is 1. The molecule has 0 atom stereocenters. The number of benzene rings is 2. The van der Waals surface area contributed by atoms with Crippen molar-refractivity contribution in [1.82, 2.24) is 0 Å². The second kappa shape index (κ2) is 10.4. The standard InChI is InChI=1S/C24H27NO6/c1-25(2,3)16-24(28)31-21-13-9-18(15-23(21)30-5)7-11-19(26)10-6-17-8-12-20(27)22(14-17)29-4/h6-15H,16H2,1-5H3/p+1/b11-7+. The predicted octanol–water partition coefficient (Wildman–Crippen LogP) is 3.32. The molecule has 2 rings (SSSR count). The number of aromatic hydroxyl groups is 1. The number of phenols is 1. The highest BCUT2D eigenvalue weighted by Gasteiger charge is 2.18. The third kappa shape index (κ3) is 7.64. The Hall–Kier alpha value is -3.58. The van der Waals surface area contributed by atoms with Crippen LogP contribution < -0.4 is 14.2 Å². The van der Waals surface area contributed by atoms with Gasteiger partial charge in [-0.2, -0.15) is 0 Å². The quantitative estimate of drug-likeness (QED) is 0.287. The number of methoxy groups -OCH3 is 2. The molecule has 31 heavy (non-hydrogen) atoms. The average molecular weight is 426 g/mol. The third-order valence-corrected chi connectivity index (χ3v) is 4.10. The van der Waals surface area contributed by atoms with Gasteiger partial charge in [-0.1, -0.05) is 24.3 Å². The zero-order valence-electron chi connectivity index (χ0n) is 18.4. The maximum atomic E-state index is 12.2. The fraction of sp³-hybridized carbons (Fsp3) is 0.250. The number of nitrogens with zero attached hydrogens (tertiary/aromatic N) is 1. The van der Waals surface area contributed by atoms with Crippen LogP contribution >= 0.6 is 0 Å². The molecule has 0 fully saturated rings. The van der Waals surface area contributed by atoms with E-state index in [1.165, 1.54) is 32.4 Å². The van der Waals surface area contributed by atoms with Crippen molar-refractivity contribution in [2.24, 2.45) is 0 Å². The first-order valence-corrected chi connectivity index (χ1v) is 9.57. The zero-order valence-corrected chi connectivity index (χ0v) is 18.4. The smallest absolute Gasteiger partial charge is 0.367 e. The predicted molar refractivity (Wildman–Crippen MR) is 119 cm³/mol. The molecular formula is C24H28NO6+. The minimum Gasteiger partial charge on any atom is -0.504 e. The van der Waals surface area contributed by atoms with Gasteiger partial charge in [-0.05, 0) is 47.5 Å². The first-order valence-electron chi connectivity index (χ1n) is 9.57. The minimum absolute atomic E-state index is 0.0337. The van der Waals surface area contributed by atoms with Crippen molar-refractivity contribution >= 4 is 23.9 Å². The lowest BCUT2D eigenvalue weighted by molar-refractivity contribution is -0.862. The van der Waals surface area contributed by atoms with Crippen LogP contribution in [0.15, 0.2) is 48.6 Å². The largest absolute Gasteiger partial charge is 0.504 e. The fourth-order valence-electron chi connectivity index (χ4n) is 2.62. The lowest BCUT2D eigenvalue weighted by atomic mass is 10.1. The number of ketones is 1.